The lowest BCUT2D eigenvalue weighted by Crippen LogP contribution is -2.14. The van der Waals surface area contributed by atoms with Crippen LogP contribution in [-0.4, -0.2) is 9.97 Å². The average molecular weight is 293 g/mol. The van der Waals surface area contributed by atoms with Gasteiger partial charge in [-0.1, -0.05) is 60.5 Å². The van der Waals surface area contributed by atoms with E-state index in [0.717, 1.165) is 30.7 Å². The molecule has 98 valence electrons. The summed E-state index contributed by atoms with van der Waals surface area (Å²) < 4.78 is 0. The molecule has 0 radical (unpaired) electrons. The SMILES string of the molecule is CCc1c(Cl)nc(C2(c3ccccc3)CC2)nc1Cl. The van der Waals surface area contributed by atoms with Crippen molar-refractivity contribution in [1.29, 1.82) is 0 Å². The highest BCUT2D eigenvalue weighted by molar-refractivity contribution is 6.34. The topological polar surface area (TPSA) is 25.8 Å². The van der Waals surface area contributed by atoms with Crippen molar-refractivity contribution in [2.45, 2.75) is 31.6 Å². The first kappa shape index (κ1) is 12.9. The largest absolute Gasteiger partial charge is 0.220 e. The molecule has 3 rings (SSSR count). The van der Waals surface area contributed by atoms with Crippen molar-refractivity contribution in [3.63, 3.8) is 0 Å². The van der Waals surface area contributed by atoms with Gasteiger partial charge in [-0.3, -0.25) is 0 Å². The molecule has 0 bridgehead atoms. The molecule has 19 heavy (non-hydrogen) atoms. The molecule has 0 N–H and O–H groups in total. The predicted octanol–water partition coefficient (Wildman–Crippen LogP) is 4.43. The van der Waals surface area contributed by atoms with Gasteiger partial charge in [-0.15, -0.1) is 0 Å². The van der Waals surface area contributed by atoms with Crippen LogP contribution in [0, 0.1) is 0 Å². The van der Waals surface area contributed by atoms with E-state index in [2.05, 4.69) is 22.1 Å². The number of benzene rings is 1. The summed E-state index contributed by atoms with van der Waals surface area (Å²) in [5, 5.41) is 0.972. The highest BCUT2D eigenvalue weighted by Crippen LogP contribution is 2.52. The third-order valence-electron chi connectivity index (χ3n) is 3.76. The molecule has 0 saturated heterocycles. The minimum absolute atomic E-state index is 0.0825. The maximum Gasteiger partial charge on any atom is 0.142 e. The summed E-state index contributed by atoms with van der Waals surface area (Å²) in [7, 11) is 0. The van der Waals surface area contributed by atoms with E-state index in [1.807, 2.05) is 25.1 Å². The molecule has 2 aromatic rings. The molecule has 0 spiro atoms. The van der Waals surface area contributed by atoms with Crippen molar-refractivity contribution >= 4 is 23.2 Å². The Labute approximate surface area is 122 Å². The minimum atomic E-state index is -0.0825. The standard InChI is InChI=1S/C15H14Cl2N2/c1-2-11-12(16)18-14(19-13(11)17)15(8-9-15)10-6-4-3-5-7-10/h3-7H,2,8-9H2,1H3. The first-order valence-electron chi connectivity index (χ1n) is 6.45. The summed E-state index contributed by atoms with van der Waals surface area (Å²) in [5.74, 6) is 0.755. The van der Waals surface area contributed by atoms with Crippen molar-refractivity contribution in [1.82, 2.24) is 9.97 Å². The second-order valence-electron chi connectivity index (χ2n) is 4.91. The van der Waals surface area contributed by atoms with Gasteiger partial charge in [0.2, 0.25) is 0 Å². The van der Waals surface area contributed by atoms with Crippen molar-refractivity contribution in [2.75, 3.05) is 0 Å². The third-order valence-corrected chi connectivity index (χ3v) is 4.39. The van der Waals surface area contributed by atoms with E-state index < -0.39 is 0 Å². The van der Waals surface area contributed by atoms with Gasteiger partial charge in [0, 0.05) is 5.56 Å². The smallest absolute Gasteiger partial charge is 0.142 e. The van der Waals surface area contributed by atoms with Gasteiger partial charge in [-0.25, -0.2) is 9.97 Å². The third kappa shape index (κ3) is 2.13. The molecule has 1 aliphatic rings. The molecule has 0 atom stereocenters. The van der Waals surface area contributed by atoms with Crippen molar-refractivity contribution in [2.24, 2.45) is 0 Å². The second-order valence-corrected chi connectivity index (χ2v) is 5.63. The highest BCUT2D eigenvalue weighted by atomic mass is 35.5. The monoisotopic (exact) mass is 292 g/mol. The molecule has 0 amide bonds. The van der Waals surface area contributed by atoms with Crippen LogP contribution in [-0.2, 0) is 11.8 Å². The Bertz CT molecular complexity index is 584. The van der Waals surface area contributed by atoms with Crippen LogP contribution in [0.25, 0.3) is 0 Å². The zero-order valence-corrected chi connectivity index (χ0v) is 12.2. The van der Waals surface area contributed by atoms with Gasteiger partial charge in [0.25, 0.3) is 0 Å². The summed E-state index contributed by atoms with van der Waals surface area (Å²) in [6.45, 7) is 2.00. The van der Waals surface area contributed by atoms with Crippen LogP contribution in [0.15, 0.2) is 30.3 Å². The first-order chi connectivity index (χ1) is 9.17. The van der Waals surface area contributed by atoms with E-state index >= 15 is 0 Å². The molecular formula is C15H14Cl2N2. The maximum atomic E-state index is 6.22. The van der Waals surface area contributed by atoms with Crippen LogP contribution < -0.4 is 0 Å². The fraction of sp³-hybridized carbons (Fsp3) is 0.333. The zero-order valence-electron chi connectivity index (χ0n) is 10.7. The van der Waals surface area contributed by atoms with Gasteiger partial charge in [0.1, 0.15) is 16.1 Å². The normalized spacial score (nSPS) is 16.4. The van der Waals surface area contributed by atoms with Crippen molar-refractivity contribution < 1.29 is 0 Å². The Kier molecular flexibility index (Phi) is 3.23. The quantitative estimate of drug-likeness (QED) is 0.783. The Morgan fingerprint density at radius 3 is 2.11 bits per heavy atom. The lowest BCUT2D eigenvalue weighted by Gasteiger charge is -2.16. The van der Waals surface area contributed by atoms with Crippen molar-refractivity contribution in [3.05, 3.63) is 57.6 Å². The van der Waals surface area contributed by atoms with Gasteiger partial charge in [0.15, 0.2) is 0 Å². The lowest BCUT2D eigenvalue weighted by atomic mass is 9.95. The molecule has 4 heteroatoms. The van der Waals surface area contributed by atoms with Crippen LogP contribution in [0.3, 0.4) is 0 Å². The molecule has 1 aromatic heterocycles. The van der Waals surface area contributed by atoms with E-state index in [9.17, 15) is 0 Å². The average Bonchev–Trinajstić information content (AvgIpc) is 3.21. The fourth-order valence-corrected chi connectivity index (χ4v) is 3.12. The van der Waals surface area contributed by atoms with E-state index in [0.29, 0.717) is 10.3 Å². The Morgan fingerprint density at radius 1 is 1.05 bits per heavy atom. The molecule has 1 aromatic carbocycles. The summed E-state index contributed by atoms with van der Waals surface area (Å²) in [6, 6.07) is 10.3. The predicted molar refractivity (Wildman–Crippen MR) is 77.9 cm³/mol. The van der Waals surface area contributed by atoms with Crippen LogP contribution in [0.1, 0.15) is 36.7 Å². The summed E-state index contributed by atoms with van der Waals surface area (Å²) >= 11 is 12.4. The number of aromatic nitrogens is 2. The first-order valence-corrected chi connectivity index (χ1v) is 7.21. The number of rotatable bonds is 3. The maximum absolute atomic E-state index is 6.22. The number of hydrogen-bond acceptors (Lipinski definition) is 2. The van der Waals surface area contributed by atoms with Crippen LogP contribution in [0.5, 0.6) is 0 Å². The Morgan fingerprint density at radius 2 is 1.63 bits per heavy atom. The lowest BCUT2D eigenvalue weighted by molar-refractivity contribution is 0.749. The zero-order chi connectivity index (χ0) is 13.5. The molecule has 1 heterocycles. The van der Waals surface area contributed by atoms with E-state index in [-0.39, 0.29) is 5.41 Å². The molecule has 1 fully saturated rings. The fourth-order valence-electron chi connectivity index (χ4n) is 2.46. The summed E-state index contributed by atoms with van der Waals surface area (Å²) in [5.41, 5.74) is 1.99. The molecule has 2 nitrogen and oxygen atoms in total. The van der Waals surface area contributed by atoms with Crippen LogP contribution in [0.4, 0.5) is 0 Å². The van der Waals surface area contributed by atoms with E-state index in [4.69, 9.17) is 23.2 Å². The molecule has 1 saturated carbocycles. The minimum Gasteiger partial charge on any atom is -0.220 e. The van der Waals surface area contributed by atoms with Crippen molar-refractivity contribution in [3.8, 4) is 0 Å². The molecule has 0 aliphatic heterocycles. The van der Waals surface area contributed by atoms with Gasteiger partial charge in [0.05, 0.1) is 5.41 Å². The number of halogens is 2. The van der Waals surface area contributed by atoms with Gasteiger partial charge >= 0.3 is 0 Å². The van der Waals surface area contributed by atoms with Gasteiger partial charge < -0.3 is 0 Å². The summed E-state index contributed by atoms with van der Waals surface area (Å²) in [6.07, 6.45) is 2.85. The van der Waals surface area contributed by atoms with Crippen LogP contribution in [0.2, 0.25) is 10.3 Å². The number of hydrogen-bond donors (Lipinski definition) is 0. The van der Waals surface area contributed by atoms with Gasteiger partial charge in [-0.2, -0.15) is 0 Å². The number of nitrogens with zero attached hydrogens (tertiary/aromatic N) is 2. The summed E-state index contributed by atoms with van der Waals surface area (Å²) in [4.78, 5) is 8.97. The van der Waals surface area contributed by atoms with Crippen LogP contribution >= 0.6 is 23.2 Å². The van der Waals surface area contributed by atoms with E-state index in [1.165, 1.54) is 5.56 Å². The van der Waals surface area contributed by atoms with Gasteiger partial charge in [-0.05, 0) is 24.8 Å². The molecular weight excluding hydrogens is 279 g/mol. The Hall–Kier alpha value is -1.12. The van der Waals surface area contributed by atoms with E-state index in [1.54, 1.807) is 0 Å². The molecule has 0 unspecified atom stereocenters. The second kappa shape index (κ2) is 4.77. The molecule has 1 aliphatic carbocycles. The highest BCUT2D eigenvalue weighted by Gasteiger charge is 2.49. The Balaban J connectivity index is 2.08.